The fraction of sp³-hybridized carbons (Fsp3) is 0.538. The summed E-state index contributed by atoms with van der Waals surface area (Å²) in [6, 6.07) is 5.31. The van der Waals surface area contributed by atoms with Gasteiger partial charge in [0.25, 0.3) is 0 Å². The molecule has 118 valence electrons. The molecule has 0 saturated heterocycles. The van der Waals surface area contributed by atoms with Crippen LogP contribution in [0.25, 0.3) is 0 Å². The first kappa shape index (κ1) is 16.6. The van der Waals surface area contributed by atoms with Gasteiger partial charge < -0.3 is 0 Å². The Hall–Kier alpha value is -0.790. The number of hydrogen-bond acceptors (Lipinski definition) is 2. The lowest BCUT2D eigenvalue weighted by molar-refractivity contribution is -0.182. The number of rotatable bonds is 3. The zero-order chi connectivity index (χ0) is 15.7. The first-order valence-electron chi connectivity index (χ1n) is 6.53. The fourth-order valence-corrected chi connectivity index (χ4v) is 4.07. The third kappa shape index (κ3) is 4.34. The Labute approximate surface area is 126 Å². The Bertz CT molecular complexity index is 596. The van der Waals surface area contributed by atoms with E-state index in [-0.39, 0.29) is 30.6 Å². The summed E-state index contributed by atoms with van der Waals surface area (Å²) in [6.45, 7) is 0. The van der Waals surface area contributed by atoms with Gasteiger partial charge in [0.2, 0.25) is 10.0 Å². The van der Waals surface area contributed by atoms with Gasteiger partial charge in [-0.1, -0.05) is 17.7 Å². The Morgan fingerprint density at radius 3 is 2.29 bits per heavy atom. The zero-order valence-electron chi connectivity index (χ0n) is 11.0. The van der Waals surface area contributed by atoms with E-state index in [9.17, 15) is 21.6 Å². The number of benzene rings is 1. The van der Waals surface area contributed by atoms with Gasteiger partial charge in [-0.25, -0.2) is 13.1 Å². The molecule has 21 heavy (non-hydrogen) atoms. The summed E-state index contributed by atoms with van der Waals surface area (Å²) >= 11 is 5.75. The van der Waals surface area contributed by atoms with Crippen molar-refractivity contribution in [2.45, 2.75) is 42.8 Å². The van der Waals surface area contributed by atoms with E-state index in [1.807, 2.05) is 0 Å². The van der Waals surface area contributed by atoms with Crippen LogP contribution in [0, 0.1) is 5.92 Å². The van der Waals surface area contributed by atoms with Gasteiger partial charge >= 0.3 is 6.18 Å². The van der Waals surface area contributed by atoms with E-state index in [0.717, 1.165) is 0 Å². The quantitative estimate of drug-likeness (QED) is 0.910. The van der Waals surface area contributed by atoms with Crippen LogP contribution in [0.15, 0.2) is 29.2 Å². The van der Waals surface area contributed by atoms with Crippen LogP contribution in [-0.4, -0.2) is 20.6 Å². The molecule has 0 amide bonds. The van der Waals surface area contributed by atoms with Crippen molar-refractivity contribution in [3.63, 3.8) is 0 Å². The highest BCUT2D eigenvalue weighted by Crippen LogP contribution is 2.37. The van der Waals surface area contributed by atoms with Crippen LogP contribution in [0.4, 0.5) is 13.2 Å². The van der Waals surface area contributed by atoms with Gasteiger partial charge in [-0.15, -0.1) is 0 Å². The van der Waals surface area contributed by atoms with Crippen LogP contribution < -0.4 is 4.72 Å². The van der Waals surface area contributed by atoms with Crippen LogP contribution in [-0.2, 0) is 10.0 Å². The molecular formula is C13H15ClF3NO2S. The van der Waals surface area contributed by atoms with Gasteiger partial charge in [-0.3, -0.25) is 0 Å². The largest absolute Gasteiger partial charge is 0.391 e. The van der Waals surface area contributed by atoms with Crippen molar-refractivity contribution in [3.05, 3.63) is 29.3 Å². The van der Waals surface area contributed by atoms with E-state index >= 15 is 0 Å². The smallest absolute Gasteiger partial charge is 0.208 e. The molecule has 1 aliphatic carbocycles. The van der Waals surface area contributed by atoms with Crippen LogP contribution in [0.2, 0.25) is 5.02 Å². The van der Waals surface area contributed by atoms with Crippen molar-refractivity contribution in [3.8, 4) is 0 Å². The van der Waals surface area contributed by atoms with Crippen molar-refractivity contribution >= 4 is 21.6 Å². The molecule has 0 spiro atoms. The third-order valence-electron chi connectivity index (χ3n) is 3.62. The van der Waals surface area contributed by atoms with E-state index in [0.29, 0.717) is 5.02 Å². The molecule has 0 bridgehead atoms. The van der Waals surface area contributed by atoms with E-state index in [2.05, 4.69) is 4.72 Å². The molecule has 1 aromatic rings. The Kier molecular flexibility index (Phi) is 4.85. The summed E-state index contributed by atoms with van der Waals surface area (Å²) in [6.07, 6.45) is -3.93. The first-order valence-corrected chi connectivity index (χ1v) is 8.39. The summed E-state index contributed by atoms with van der Waals surface area (Å²) in [5.74, 6) is -1.33. The summed E-state index contributed by atoms with van der Waals surface area (Å²) in [4.78, 5) is 0.0212. The summed E-state index contributed by atoms with van der Waals surface area (Å²) in [5, 5.41) is 0.290. The predicted octanol–water partition coefficient (Wildman–Crippen LogP) is 3.74. The second-order valence-electron chi connectivity index (χ2n) is 5.17. The highest BCUT2D eigenvalue weighted by molar-refractivity contribution is 7.89. The maximum Gasteiger partial charge on any atom is 0.391 e. The molecule has 0 aliphatic heterocycles. The van der Waals surface area contributed by atoms with Crippen molar-refractivity contribution in [2.75, 3.05) is 0 Å². The van der Waals surface area contributed by atoms with Gasteiger partial charge in [-0.05, 0) is 43.9 Å². The summed E-state index contributed by atoms with van der Waals surface area (Å²) in [5.41, 5.74) is 0. The van der Waals surface area contributed by atoms with Crippen molar-refractivity contribution in [1.82, 2.24) is 4.72 Å². The number of hydrogen-bond donors (Lipinski definition) is 1. The number of nitrogens with one attached hydrogen (secondary N) is 1. The number of alkyl halides is 3. The van der Waals surface area contributed by atoms with Crippen molar-refractivity contribution in [1.29, 1.82) is 0 Å². The normalized spacial score (nSPS) is 24.0. The molecule has 0 unspecified atom stereocenters. The average molecular weight is 342 g/mol. The molecule has 0 heterocycles. The molecule has 2 rings (SSSR count). The lowest BCUT2D eigenvalue weighted by atomic mass is 9.86. The van der Waals surface area contributed by atoms with E-state index < -0.39 is 28.2 Å². The van der Waals surface area contributed by atoms with Gasteiger partial charge in [0.05, 0.1) is 10.8 Å². The lowest BCUT2D eigenvalue weighted by Gasteiger charge is -2.30. The topological polar surface area (TPSA) is 46.2 Å². The highest BCUT2D eigenvalue weighted by atomic mass is 35.5. The van der Waals surface area contributed by atoms with Crippen LogP contribution in [0.5, 0.6) is 0 Å². The predicted molar refractivity (Wildman–Crippen MR) is 73.6 cm³/mol. The van der Waals surface area contributed by atoms with E-state index in [4.69, 9.17) is 11.6 Å². The van der Waals surface area contributed by atoms with E-state index in [1.165, 1.54) is 18.2 Å². The second kappa shape index (κ2) is 6.14. The minimum absolute atomic E-state index is 0.0212. The second-order valence-corrected chi connectivity index (χ2v) is 7.32. The van der Waals surface area contributed by atoms with Gasteiger partial charge in [0.15, 0.2) is 0 Å². The van der Waals surface area contributed by atoms with E-state index in [1.54, 1.807) is 6.07 Å². The highest BCUT2D eigenvalue weighted by Gasteiger charge is 2.41. The molecule has 0 aromatic heterocycles. The molecular weight excluding hydrogens is 327 g/mol. The molecule has 3 nitrogen and oxygen atoms in total. The minimum atomic E-state index is -4.20. The molecule has 1 aromatic carbocycles. The molecule has 0 radical (unpaired) electrons. The molecule has 8 heteroatoms. The Morgan fingerprint density at radius 2 is 1.76 bits per heavy atom. The molecule has 0 atom stereocenters. The van der Waals surface area contributed by atoms with Gasteiger partial charge in [0.1, 0.15) is 0 Å². The fourth-order valence-electron chi connectivity index (χ4n) is 2.46. The molecule has 1 saturated carbocycles. The maximum absolute atomic E-state index is 12.6. The van der Waals surface area contributed by atoms with Gasteiger partial charge in [-0.2, -0.15) is 13.2 Å². The SMILES string of the molecule is O=S(=O)(NC1CCC(C(F)(F)F)CC1)c1cccc(Cl)c1. The maximum atomic E-state index is 12.6. The summed E-state index contributed by atoms with van der Waals surface area (Å²) in [7, 11) is -3.75. The molecule has 1 N–H and O–H groups in total. The first-order chi connectivity index (χ1) is 9.68. The average Bonchev–Trinajstić information content (AvgIpc) is 2.38. The summed E-state index contributed by atoms with van der Waals surface area (Å²) < 4.78 is 64.4. The lowest BCUT2D eigenvalue weighted by Crippen LogP contribution is -2.39. The Balaban J connectivity index is 2.00. The standard InChI is InChI=1S/C13H15ClF3NO2S/c14-10-2-1-3-12(8-10)21(19,20)18-11-6-4-9(5-7-11)13(15,16)17/h1-3,8-9,11,18H,4-7H2. The minimum Gasteiger partial charge on any atom is -0.208 e. The molecule has 1 aliphatic rings. The van der Waals surface area contributed by atoms with Crippen LogP contribution >= 0.6 is 11.6 Å². The van der Waals surface area contributed by atoms with Crippen LogP contribution in [0.1, 0.15) is 25.7 Å². The van der Waals surface area contributed by atoms with Gasteiger partial charge in [0, 0.05) is 11.1 Å². The Morgan fingerprint density at radius 1 is 1.14 bits per heavy atom. The zero-order valence-corrected chi connectivity index (χ0v) is 12.6. The third-order valence-corrected chi connectivity index (χ3v) is 5.37. The molecule has 1 fully saturated rings. The number of halogens is 4. The number of sulfonamides is 1. The van der Waals surface area contributed by atoms with Crippen molar-refractivity contribution in [2.24, 2.45) is 5.92 Å². The van der Waals surface area contributed by atoms with Crippen molar-refractivity contribution < 1.29 is 21.6 Å². The van der Waals surface area contributed by atoms with Crippen LogP contribution in [0.3, 0.4) is 0 Å². The monoisotopic (exact) mass is 341 g/mol.